The quantitative estimate of drug-likeness (QED) is 0.255. The van der Waals surface area contributed by atoms with Crippen LogP contribution in [-0.4, -0.2) is 67.1 Å². The molecule has 0 N–H and O–H groups in total. The number of hydrogen-bond donors (Lipinski definition) is 0. The second-order valence-corrected chi connectivity index (χ2v) is 22.4. The number of ether oxygens (including phenoxy) is 2. The number of fused-ring (bicyclic) bond motifs is 1. The molecule has 4 aliphatic heterocycles. The zero-order chi connectivity index (χ0) is 30.8. The van der Waals surface area contributed by atoms with Crippen molar-refractivity contribution in [3.63, 3.8) is 0 Å². The maximum atomic E-state index is 8.32. The van der Waals surface area contributed by atoms with Crippen LogP contribution in [0.5, 0.6) is 0 Å². The maximum Gasteiger partial charge on any atom is 0.120 e. The van der Waals surface area contributed by atoms with Gasteiger partial charge in [0.15, 0.2) is 0 Å². The van der Waals surface area contributed by atoms with Gasteiger partial charge >= 0.3 is 0 Å². The van der Waals surface area contributed by atoms with E-state index in [1.165, 1.54) is 96.6 Å². The first kappa shape index (κ1) is 27.3. The SMILES string of the molecule is CN1C[C@]2(C)CCC[C@]34[C@@H]5CC6C[C@H]([C@@H]13)C5(CC[C@H]24)C[C@@]61CC[C@@]23[C@@H]4C=C5[C@@](CC[C@@H]6[C@@]7(C)CCC[C@@]56[C@@H]5OCCN5C7)(C[C@@H]42)[C@@H]3O1. The average molecular weight is 637 g/mol. The summed E-state index contributed by atoms with van der Waals surface area (Å²) < 4.78 is 15.2. The summed E-state index contributed by atoms with van der Waals surface area (Å²) in [7, 11) is 2.57. The van der Waals surface area contributed by atoms with Crippen LogP contribution < -0.4 is 0 Å². The van der Waals surface area contributed by atoms with Gasteiger partial charge in [0.2, 0.25) is 0 Å². The molecule has 14 fully saturated rings. The van der Waals surface area contributed by atoms with Crippen molar-refractivity contribution in [1.29, 1.82) is 0 Å². The second kappa shape index (κ2) is 7.54. The van der Waals surface area contributed by atoms with Crippen LogP contribution in [0.15, 0.2) is 11.6 Å². The van der Waals surface area contributed by atoms with E-state index in [4.69, 9.17) is 9.47 Å². The minimum absolute atomic E-state index is 0.186. The zero-order valence-corrected chi connectivity index (χ0v) is 29.7. The molecule has 18 atom stereocenters. The van der Waals surface area contributed by atoms with E-state index < -0.39 is 0 Å². The first-order chi connectivity index (χ1) is 22.7. The lowest BCUT2D eigenvalue weighted by atomic mass is 9.38. The largest absolute Gasteiger partial charge is 0.370 e. The summed E-state index contributed by atoms with van der Waals surface area (Å²) in [5.41, 5.74) is 5.48. The Labute approximate surface area is 283 Å². The predicted molar refractivity (Wildman–Crippen MR) is 180 cm³/mol. The highest BCUT2D eigenvalue weighted by Crippen LogP contribution is 2.90. The Hall–Kier alpha value is -0.420. The molecule has 5 spiro atoms. The lowest BCUT2D eigenvalue weighted by molar-refractivity contribution is -0.292. The van der Waals surface area contributed by atoms with Gasteiger partial charge in [0.25, 0.3) is 0 Å². The average Bonchev–Trinajstić information content (AvgIpc) is 3.23. The van der Waals surface area contributed by atoms with Crippen molar-refractivity contribution in [2.24, 2.45) is 79.3 Å². The molecule has 0 aromatic carbocycles. The third-order valence-electron chi connectivity index (χ3n) is 21.9. The van der Waals surface area contributed by atoms with Gasteiger partial charge in [-0.2, -0.15) is 0 Å². The van der Waals surface area contributed by atoms with E-state index in [0.29, 0.717) is 44.8 Å². The highest BCUT2D eigenvalue weighted by atomic mass is 16.5. The molecule has 4 heterocycles. The Morgan fingerprint density at radius 1 is 0.809 bits per heavy atom. The van der Waals surface area contributed by atoms with Gasteiger partial charge in [0, 0.05) is 41.9 Å². The number of nitrogens with zero attached hydrogens (tertiary/aromatic N) is 2. The molecular formula is C43H60N2O2. The third-order valence-corrected chi connectivity index (χ3v) is 21.9. The van der Waals surface area contributed by atoms with Crippen molar-refractivity contribution in [3.8, 4) is 0 Å². The lowest BCUT2D eigenvalue weighted by Crippen LogP contribution is -2.71. The van der Waals surface area contributed by atoms with Gasteiger partial charge in [-0.25, -0.2) is 0 Å². The number of likely N-dealkylation sites (tertiary alicyclic amines) is 1. The summed E-state index contributed by atoms with van der Waals surface area (Å²) in [6.07, 6.45) is 27.5. The molecular weight excluding hydrogens is 576 g/mol. The topological polar surface area (TPSA) is 24.9 Å². The lowest BCUT2D eigenvalue weighted by Gasteiger charge is -2.72. The fourth-order valence-corrected chi connectivity index (χ4v) is 21.5. The van der Waals surface area contributed by atoms with E-state index in [9.17, 15) is 0 Å². The first-order valence-electron chi connectivity index (χ1n) is 21.2. The van der Waals surface area contributed by atoms with Crippen LogP contribution in [0.2, 0.25) is 0 Å². The normalized spacial score (nSPS) is 70.5. The molecule has 2 unspecified atom stereocenters. The van der Waals surface area contributed by atoms with E-state index in [0.717, 1.165) is 60.6 Å². The van der Waals surface area contributed by atoms with E-state index in [-0.39, 0.29) is 11.0 Å². The zero-order valence-electron chi connectivity index (χ0n) is 29.7. The van der Waals surface area contributed by atoms with E-state index >= 15 is 0 Å². The fourth-order valence-electron chi connectivity index (χ4n) is 21.5. The number of allylic oxidation sites excluding steroid dienone is 1. The van der Waals surface area contributed by atoms with Gasteiger partial charge in [-0.1, -0.05) is 38.3 Å². The van der Waals surface area contributed by atoms with E-state index in [1.54, 1.807) is 19.3 Å². The molecule has 16 aliphatic rings. The minimum Gasteiger partial charge on any atom is -0.370 e. The van der Waals surface area contributed by atoms with Crippen LogP contribution in [0.4, 0.5) is 0 Å². The predicted octanol–water partition coefficient (Wildman–Crippen LogP) is 7.67. The van der Waals surface area contributed by atoms with Crippen LogP contribution in [0.3, 0.4) is 0 Å². The summed E-state index contributed by atoms with van der Waals surface area (Å²) in [5.74, 6) is 6.36. The Bertz CT molecular complexity index is 1580. The standard InChI is InChI=1S/C43H60N2O2/c1-36-8-4-10-42-29(36)7-13-39-22-40(25(19-31(39)42)18-27(39)33(42)44(3)23-36)14-15-41-26-20-32-38(21-28(26)41,34(41)47-40)12-6-30-37(2)9-5-11-43(30,32)35-45(24-37)16-17-46-35/h20,25-31,33-35H,4-19,21-24H2,1-3H3/t25?,26-,27-,28+,29-,30-,31-,33-,34+,35+,36+,37+,38-,39?,40+,41-,42+,43+/m1/s1. The molecule has 12 bridgehead atoms. The first-order valence-corrected chi connectivity index (χ1v) is 21.2. The summed E-state index contributed by atoms with van der Waals surface area (Å²) in [5, 5.41) is 0. The molecule has 0 amide bonds. The molecule has 0 aromatic heterocycles. The van der Waals surface area contributed by atoms with Gasteiger partial charge in [0.05, 0.1) is 18.3 Å². The monoisotopic (exact) mass is 636 g/mol. The smallest absolute Gasteiger partial charge is 0.120 e. The van der Waals surface area contributed by atoms with Crippen LogP contribution in [0, 0.1) is 79.3 Å². The van der Waals surface area contributed by atoms with Gasteiger partial charge in [-0.15, -0.1) is 0 Å². The van der Waals surface area contributed by atoms with Crippen LogP contribution in [-0.2, 0) is 9.47 Å². The van der Waals surface area contributed by atoms with Crippen molar-refractivity contribution < 1.29 is 9.47 Å². The molecule has 254 valence electrons. The highest BCUT2D eigenvalue weighted by molar-refractivity contribution is 5.49. The Morgan fingerprint density at radius 2 is 1.66 bits per heavy atom. The molecule has 4 heteroatoms. The van der Waals surface area contributed by atoms with E-state index in [2.05, 4.69) is 36.8 Å². The molecule has 10 saturated carbocycles. The van der Waals surface area contributed by atoms with Crippen molar-refractivity contribution in [3.05, 3.63) is 11.6 Å². The van der Waals surface area contributed by atoms with Crippen molar-refractivity contribution in [2.75, 3.05) is 33.3 Å². The second-order valence-electron chi connectivity index (χ2n) is 22.4. The minimum atomic E-state index is 0.186. The van der Waals surface area contributed by atoms with Gasteiger partial charge in [-0.3, -0.25) is 4.90 Å². The van der Waals surface area contributed by atoms with Gasteiger partial charge in [-0.05, 0) is 160 Å². The van der Waals surface area contributed by atoms with Crippen LogP contribution in [0.1, 0.15) is 117 Å². The van der Waals surface area contributed by atoms with Gasteiger partial charge < -0.3 is 14.4 Å². The number of piperidine rings is 2. The summed E-state index contributed by atoms with van der Waals surface area (Å²) in [4.78, 5) is 5.81. The molecule has 0 aromatic rings. The van der Waals surface area contributed by atoms with Gasteiger partial charge in [0.1, 0.15) is 6.23 Å². The van der Waals surface area contributed by atoms with Crippen LogP contribution >= 0.6 is 0 Å². The molecule has 4 nitrogen and oxygen atoms in total. The molecule has 47 heavy (non-hydrogen) atoms. The fraction of sp³-hybridized carbons (Fsp3) is 0.953. The van der Waals surface area contributed by atoms with E-state index in [1.807, 2.05) is 5.57 Å². The number of hydrogen-bond acceptors (Lipinski definition) is 4. The van der Waals surface area contributed by atoms with Crippen molar-refractivity contribution in [2.45, 2.75) is 141 Å². The number of rotatable bonds is 0. The Morgan fingerprint density at radius 3 is 2.57 bits per heavy atom. The molecule has 16 rings (SSSR count). The summed E-state index contributed by atoms with van der Waals surface area (Å²) in [6, 6.07) is 0.879. The Balaban J connectivity index is 0.874. The maximum absolute atomic E-state index is 8.32. The molecule has 12 aliphatic carbocycles. The third kappa shape index (κ3) is 2.43. The molecule has 0 radical (unpaired) electrons. The Kier molecular flexibility index (Phi) is 4.38. The summed E-state index contributed by atoms with van der Waals surface area (Å²) in [6.45, 7) is 10.2. The molecule has 4 saturated heterocycles. The van der Waals surface area contributed by atoms with Crippen molar-refractivity contribution in [1.82, 2.24) is 9.80 Å². The van der Waals surface area contributed by atoms with Crippen molar-refractivity contribution >= 4 is 0 Å². The highest BCUT2D eigenvalue weighted by Gasteiger charge is 2.88. The van der Waals surface area contributed by atoms with Crippen LogP contribution in [0.25, 0.3) is 0 Å². The summed E-state index contributed by atoms with van der Waals surface area (Å²) >= 11 is 0.